The first-order valence-corrected chi connectivity index (χ1v) is 12.4. The molecule has 4 rings (SSSR count). The Balaban J connectivity index is 1.72. The van der Waals surface area contributed by atoms with Gasteiger partial charge in [0.15, 0.2) is 23.0 Å². The van der Waals surface area contributed by atoms with Gasteiger partial charge in [-0.05, 0) is 42.5 Å². The number of sulfonamides is 1. The minimum absolute atomic E-state index is 0.0820. The lowest BCUT2D eigenvalue weighted by Crippen LogP contribution is -2.38. The van der Waals surface area contributed by atoms with E-state index in [0.717, 1.165) is 4.31 Å². The quantitative estimate of drug-likeness (QED) is 0.439. The van der Waals surface area contributed by atoms with Crippen LogP contribution in [0.3, 0.4) is 0 Å². The summed E-state index contributed by atoms with van der Waals surface area (Å²) < 4.78 is 55.0. The second-order valence-corrected chi connectivity index (χ2v) is 9.76. The van der Waals surface area contributed by atoms with Gasteiger partial charge in [-0.1, -0.05) is 11.6 Å². The van der Waals surface area contributed by atoms with Gasteiger partial charge in [0.05, 0.1) is 31.9 Å². The summed E-state index contributed by atoms with van der Waals surface area (Å²) in [5.74, 6) is 1.18. The highest BCUT2D eigenvalue weighted by Gasteiger charge is 2.31. The molecule has 1 aliphatic rings. The molecule has 1 aliphatic heterocycles. The van der Waals surface area contributed by atoms with Crippen molar-refractivity contribution in [3.63, 3.8) is 0 Å². The maximum atomic E-state index is 13.8. The van der Waals surface area contributed by atoms with E-state index in [-0.39, 0.29) is 33.9 Å². The monoisotopic (exact) mass is 534 g/mol. The van der Waals surface area contributed by atoms with Crippen LogP contribution in [-0.4, -0.2) is 49.0 Å². The van der Waals surface area contributed by atoms with Crippen molar-refractivity contribution in [1.29, 1.82) is 0 Å². The Morgan fingerprint density at radius 1 is 0.917 bits per heavy atom. The van der Waals surface area contributed by atoms with Gasteiger partial charge in [-0.15, -0.1) is 0 Å². The van der Waals surface area contributed by atoms with Crippen molar-refractivity contribution < 1.29 is 36.9 Å². The van der Waals surface area contributed by atoms with Gasteiger partial charge >= 0.3 is 0 Å². The summed E-state index contributed by atoms with van der Waals surface area (Å²) in [5.41, 5.74) is 0.492. The van der Waals surface area contributed by atoms with E-state index in [2.05, 4.69) is 5.32 Å². The fraction of sp³-hybridized carbons (Fsp3) is 0.208. The van der Waals surface area contributed by atoms with E-state index >= 15 is 0 Å². The van der Waals surface area contributed by atoms with Crippen LogP contribution < -0.4 is 33.3 Å². The molecule has 0 spiro atoms. The number of hydrogen-bond donors (Lipinski definition) is 1. The van der Waals surface area contributed by atoms with Crippen LogP contribution >= 0.6 is 11.6 Å². The Morgan fingerprint density at radius 3 is 2.33 bits per heavy atom. The first-order chi connectivity index (χ1) is 17.3. The zero-order chi connectivity index (χ0) is 25.9. The maximum absolute atomic E-state index is 13.8. The van der Waals surface area contributed by atoms with E-state index in [4.69, 9.17) is 35.3 Å². The Hall–Kier alpha value is -3.83. The zero-order valence-electron chi connectivity index (χ0n) is 19.6. The van der Waals surface area contributed by atoms with Crippen molar-refractivity contribution >= 4 is 38.9 Å². The molecular formula is C24H23ClN2O8S. The van der Waals surface area contributed by atoms with E-state index in [9.17, 15) is 13.2 Å². The summed E-state index contributed by atoms with van der Waals surface area (Å²) >= 11 is 6.18. The number of amides is 1. The molecule has 0 unspecified atom stereocenters. The van der Waals surface area contributed by atoms with E-state index in [1.54, 1.807) is 24.3 Å². The molecule has 0 aliphatic carbocycles. The molecule has 0 bridgehead atoms. The van der Waals surface area contributed by atoms with Crippen molar-refractivity contribution in [2.24, 2.45) is 0 Å². The largest absolute Gasteiger partial charge is 0.495 e. The molecule has 1 heterocycles. The van der Waals surface area contributed by atoms with Crippen LogP contribution in [0.15, 0.2) is 59.5 Å². The minimum Gasteiger partial charge on any atom is -0.495 e. The number of anilines is 2. The second-order valence-electron chi connectivity index (χ2n) is 7.46. The molecule has 3 aromatic rings. The number of carbonyl (C=O) groups is 1. The summed E-state index contributed by atoms with van der Waals surface area (Å²) in [6.07, 6.45) is 0. The summed E-state index contributed by atoms with van der Waals surface area (Å²) in [5, 5.41) is 2.95. The molecule has 0 fully saturated rings. The van der Waals surface area contributed by atoms with Gasteiger partial charge in [0.2, 0.25) is 12.7 Å². The molecule has 0 radical (unpaired) electrons. The lowest BCUT2D eigenvalue weighted by Gasteiger charge is -2.26. The smallest absolute Gasteiger partial charge is 0.265 e. The van der Waals surface area contributed by atoms with E-state index in [1.807, 2.05) is 0 Å². The van der Waals surface area contributed by atoms with Crippen LogP contribution in [0.4, 0.5) is 11.4 Å². The molecular weight excluding hydrogens is 512 g/mol. The lowest BCUT2D eigenvalue weighted by atomic mass is 10.2. The Morgan fingerprint density at radius 2 is 1.61 bits per heavy atom. The number of methoxy groups -OCH3 is 3. The highest BCUT2D eigenvalue weighted by molar-refractivity contribution is 7.92. The third kappa shape index (κ3) is 5.07. The van der Waals surface area contributed by atoms with Crippen molar-refractivity contribution in [3.05, 3.63) is 59.6 Å². The van der Waals surface area contributed by atoms with Gasteiger partial charge in [-0.3, -0.25) is 9.10 Å². The van der Waals surface area contributed by atoms with Gasteiger partial charge in [0, 0.05) is 22.8 Å². The fourth-order valence-corrected chi connectivity index (χ4v) is 5.17. The van der Waals surface area contributed by atoms with Gasteiger partial charge in [-0.25, -0.2) is 8.42 Å². The van der Waals surface area contributed by atoms with E-state index in [1.165, 1.54) is 51.7 Å². The van der Waals surface area contributed by atoms with Crippen LogP contribution in [0.25, 0.3) is 0 Å². The molecule has 0 aromatic heterocycles. The number of nitrogens with zero attached hydrogens (tertiary/aromatic N) is 1. The third-order valence-electron chi connectivity index (χ3n) is 5.30. The zero-order valence-corrected chi connectivity index (χ0v) is 21.2. The molecule has 1 amide bonds. The van der Waals surface area contributed by atoms with E-state index in [0.29, 0.717) is 22.9 Å². The maximum Gasteiger partial charge on any atom is 0.265 e. The highest BCUT2D eigenvalue weighted by Crippen LogP contribution is 2.37. The van der Waals surface area contributed by atoms with Crippen molar-refractivity contribution in [3.8, 4) is 28.7 Å². The molecule has 0 atom stereocenters. The van der Waals surface area contributed by atoms with Gasteiger partial charge in [-0.2, -0.15) is 0 Å². The van der Waals surface area contributed by atoms with E-state index < -0.39 is 22.5 Å². The Bertz CT molecular complexity index is 1400. The SMILES string of the molecule is COc1ccc(S(=O)(=O)N(CC(=O)Nc2ccc3c(c2)OCO3)c2cc(Cl)ccc2OC)cc1OC. The van der Waals surface area contributed by atoms with Crippen LogP contribution in [-0.2, 0) is 14.8 Å². The first-order valence-electron chi connectivity index (χ1n) is 10.5. The topological polar surface area (TPSA) is 113 Å². The van der Waals surface area contributed by atoms with Crippen molar-refractivity contribution in [2.45, 2.75) is 4.90 Å². The first kappa shape index (κ1) is 25.3. The number of ether oxygens (including phenoxy) is 5. The number of nitrogens with one attached hydrogen (secondary N) is 1. The molecule has 0 saturated carbocycles. The van der Waals surface area contributed by atoms with Crippen molar-refractivity contribution in [1.82, 2.24) is 0 Å². The lowest BCUT2D eigenvalue weighted by molar-refractivity contribution is -0.114. The van der Waals surface area contributed by atoms with Gasteiger partial charge in [0.25, 0.3) is 10.0 Å². The van der Waals surface area contributed by atoms with Gasteiger partial charge in [0.1, 0.15) is 12.3 Å². The summed E-state index contributed by atoms with van der Waals surface area (Å²) in [6, 6.07) is 13.5. The number of carbonyl (C=O) groups excluding carboxylic acids is 1. The summed E-state index contributed by atoms with van der Waals surface area (Å²) in [7, 11) is -0.0810. The average Bonchev–Trinajstić information content (AvgIpc) is 3.34. The fourth-order valence-electron chi connectivity index (χ4n) is 3.57. The number of hydrogen-bond acceptors (Lipinski definition) is 8. The molecule has 12 heteroatoms. The number of halogens is 1. The third-order valence-corrected chi connectivity index (χ3v) is 7.29. The van der Waals surface area contributed by atoms with Gasteiger partial charge < -0.3 is 29.0 Å². The minimum atomic E-state index is -4.30. The number of rotatable bonds is 9. The Kier molecular flexibility index (Phi) is 7.32. The van der Waals surface area contributed by atoms with Crippen molar-refractivity contribution in [2.75, 3.05) is 44.3 Å². The normalized spacial score (nSPS) is 12.1. The molecule has 36 heavy (non-hydrogen) atoms. The highest BCUT2D eigenvalue weighted by atomic mass is 35.5. The molecule has 3 aromatic carbocycles. The van der Waals surface area contributed by atoms with Crippen LogP contribution in [0.2, 0.25) is 5.02 Å². The van der Waals surface area contributed by atoms with Crippen LogP contribution in [0.5, 0.6) is 28.7 Å². The Labute approximate surface area is 213 Å². The average molecular weight is 535 g/mol. The predicted molar refractivity (Wildman–Crippen MR) is 133 cm³/mol. The number of benzene rings is 3. The molecule has 10 nitrogen and oxygen atoms in total. The molecule has 0 saturated heterocycles. The summed E-state index contributed by atoms with van der Waals surface area (Å²) in [6.45, 7) is -0.500. The predicted octanol–water partition coefficient (Wildman–Crippen LogP) is 3.93. The second kappa shape index (κ2) is 10.4. The van der Waals surface area contributed by atoms with Crippen LogP contribution in [0, 0.1) is 0 Å². The molecule has 1 N–H and O–H groups in total. The summed E-state index contributed by atoms with van der Waals surface area (Å²) in [4.78, 5) is 12.9. The van der Waals surface area contributed by atoms with Crippen LogP contribution in [0.1, 0.15) is 0 Å². The number of fused-ring (bicyclic) bond motifs is 1. The molecule has 190 valence electrons. The standard InChI is InChI=1S/C24H23ClN2O8S/c1-31-19-7-4-15(25)10-18(19)27(36(29,30)17-6-9-20(32-2)22(12-17)33-3)13-24(28)26-16-5-8-21-23(11-16)35-14-34-21/h4-12H,13-14H2,1-3H3,(H,26,28).